The fraction of sp³-hybridized carbons (Fsp3) is 0.500. The van der Waals surface area contributed by atoms with Gasteiger partial charge in [-0.25, -0.2) is 0 Å². The third-order valence-corrected chi connectivity index (χ3v) is 3.68. The minimum absolute atomic E-state index is 0.0546. The van der Waals surface area contributed by atoms with Gasteiger partial charge in [-0.15, -0.1) is 0 Å². The minimum atomic E-state index is -0.584. The molecular weight excluding hydrogens is 300 g/mol. The van der Waals surface area contributed by atoms with Crippen LogP contribution in [0.1, 0.15) is 30.1 Å². The molecule has 1 aliphatic heterocycles. The van der Waals surface area contributed by atoms with Crippen molar-refractivity contribution in [2.75, 3.05) is 20.3 Å². The number of ether oxygens (including phenoxy) is 3. The first-order valence-corrected chi connectivity index (χ1v) is 7.53. The van der Waals surface area contributed by atoms with E-state index in [1.54, 1.807) is 18.2 Å². The first-order chi connectivity index (χ1) is 11.0. The summed E-state index contributed by atoms with van der Waals surface area (Å²) in [6, 6.07) is 4.68. The molecule has 0 bridgehead atoms. The molecule has 7 nitrogen and oxygen atoms in total. The van der Waals surface area contributed by atoms with E-state index in [1.165, 1.54) is 7.11 Å². The van der Waals surface area contributed by atoms with E-state index in [4.69, 9.17) is 19.9 Å². The number of methoxy groups -OCH3 is 1. The molecule has 1 fully saturated rings. The van der Waals surface area contributed by atoms with E-state index in [0.717, 1.165) is 19.4 Å². The zero-order chi connectivity index (χ0) is 16.8. The average molecular weight is 322 g/mol. The highest BCUT2D eigenvalue weighted by molar-refractivity contribution is 5.95. The molecule has 3 N–H and O–H groups in total. The standard InChI is InChI=1S/C16H22N2O5/c1-10(12-4-3-7-22-12)18-16(20)11-5-6-13(14(8-11)21-2)23-9-15(17)19/h5-6,8,10,12H,3-4,7,9H2,1-2H3,(H2,17,19)(H,18,20)/t10-,12+/m0/s1. The maximum Gasteiger partial charge on any atom is 0.255 e. The Kier molecular flexibility index (Phi) is 5.81. The van der Waals surface area contributed by atoms with E-state index in [9.17, 15) is 9.59 Å². The van der Waals surface area contributed by atoms with Gasteiger partial charge in [-0.2, -0.15) is 0 Å². The number of hydrogen-bond donors (Lipinski definition) is 2. The molecule has 1 aromatic rings. The summed E-state index contributed by atoms with van der Waals surface area (Å²) in [4.78, 5) is 23.1. The van der Waals surface area contributed by atoms with Crippen molar-refractivity contribution in [3.63, 3.8) is 0 Å². The van der Waals surface area contributed by atoms with Gasteiger partial charge in [-0.1, -0.05) is 0 Å². The lowest BCUT2D eigenvalue weighted by atomic mass is 10.1. The summed E-state index contributed by atoms with van der Waals surface area (Å²) in [6.07, 6.45) is 2.02. The molecule has 1 aromatic carbocycles. The Morgan fingerprint density at radius 3 is 2.83 bits per heavy atom. The molecule has 1 saturated heterocycles. The lowest BCUT2D eigenvalue weighted by Gasteiger charge is -2.20. The predicted octanol–water partition coefficient (Wildman–Crippen LogP) is 0.857. The highest BCUT2D eigenvalue weighted by Gasteiger charge is 2.24. The Labute approximate surface area is 135 Å². The van der Waals surface area contributed by atoms with Crippen LogP contribution in [-0.2, 0) is 9.53 Å². The summed E-state index contributed by atoms with van der Waals surface area (Å²) >= 11 is 0. The lowest BCUT2D eigenvalue weighted by Crippen LogP contribution is -2.40. The van der Waals surface area contributed by atoms with E-state index in [2.05, 4.69) is 5.32 Å². The Morgan fingerprint density at radius 2 is 2.22 bits per heavy atom. The average Bonchev–Trinajstić information content (AvgIpc) is 3.07. The first kappa shape index (κ1) is 17.1. The normalized spacial score (nSPS) is 18.3. The van der Waals surface area contributed by atoms with Crippen LogP contribution in [0.25, 0.3) is 0 Å². The van der Waals surface area contributed by atoms with Crippen LogP contribution in [-0.4, -0.2) is 44.3 Å². The fourth-order valence-electron chi connectivity index (χ4n) is 2.46. The van der Waals surface area contributed by atoms with Crippen LogP contribution < -0.4 is 20.5 Å². The lowest BCUT2D eigenvalue weighted by molar-refractivity contribution is -0.119. The van der Waals surface area contributed by atoms with Crippen LogP contribution in [0.2, 0.25) is 0 Å². The van der Waals surface area contributed by atoms with E-state index >= 15 is 0 Å². The molecular formula is C16H22N2O5. The Morgan fingerprint density at radius 1 is 1.43 bits per heavy atom. The van der Waals surface area contributed by atoms with Gasteiger partial charge >= 0.3 is 0 Å². The van der Waals surface area contributed by atoms with Gasteiger partial charge in [0.1, 0.15) is 0 Å². The van der Waals surface area contributed by atoms with Gasteiger partial charge in [0.15, 0.2) is 18.1 Å². The number of primary amides is 1. The highest BCUT2D eigenvalue weighted by Crippen LogP contribution is 2.28. The van der Waals surface area contributed by atoms with Crippen molar-refractivity contribution in [3.05, 3.63) is 23.8 Å². The molecule has 0 aliphatic carbocycles. The van der Waals surface area contributed by atoms with Crippen LogP contribution in [0.5, 0.6) is 11.5 Å². The molecule has 0 saturated carbocycles. The van der Waals surface area contributed by atoms with E-state index in [1.807, 2.05) is 6.92 Å². The van der Waals surface area contributed by atoms with Gasteiger partial charge in [-0.3, -0.25) is 9.59 Å². The molecule has 0 aromatic heterocycles. The molecule has 2 rings (SSSR count). The number of carbonyl (C=O) groups excluding carboxylic acids is 2. The number of rotatable bonds is 7. The Hall–Kier alpha value is -2.28. The van der Waals surface area contributed by atoms with Crippen LogP contribution in [0, 0.1) is 0 Å². The van der Waals surface area contributed by atoms with E-state index in [0.29, 0.717) is 17.1 Å². The first-order valence-electron chi connectivity index (χ1n) is 7.53. The van der Waals surface area contributed by atoms with Crippen molar-refractivity contribution >= 4 is 11.8 Å². The largest absolute Gasteiger partial charge is 0.493 e. The van der Waals surface area contributed by atoms with E-state index in [-0.39, 0.29) is 24.7 Å². The van der Waals surface area contributed by atoms with Crippen LogP contribution >= 0.6 is 0 Å². The molecule has 23 heavy (non-hydrogen) atoms. The van der Waals surface area contributed by atoms with Crippen LogP contribution in [0.3, 0.4) is 0 Å². The van der Waals surface area contributed by atoms with Crippen LogP contribution in [0.15, 0.2) is 18.2 Å². The quantitative estimate of drug-likeness (QED) is 0.775. The fourth-order valence-corrected chi connectivity index (χ4v) is 2.46. The molecule has 0 unspecified atom stereocenters. The van der Waals surface area contributed by atoms with Crippen LogP contribution in [0.4, 0.5) is 0 Å². The minimum Gasteiger partial charge on any atom is -0.493 e. The predicted molar refractivity (Wildman–Crippen MR) is 83.6 cm³/mol. The monoisotopic (exact) mass is 322 g/mol. The van der Waals surface area contributed by atoms with Gasteiger partial charge in [0, 0.05) is 12.2 Å². The molecule has 7 heteroatoms. The molecule has 1 aliphatic rings. The zero-order valence-corrected chi connectivity index (χ0v) is 13.3. The van der Waals surface area contributed by atoms with Crippen molar-refractivity contribution in [2.24, 2.45) is 5.73 Å². The van der Waals surface area contributed by atoms with Crippen molar-refractivity contribution in [1.82, 2.24) is 5.32 Å². The molecule has 0 spiro atoms. The van der Waals surface area contributed by atoms with Crippen molar-refractivity contribution in [3.8, 4) is 11.5 Å². The van der Waals surface area contributed by atoms with Gasteiger partial charge in [0.25, 0.3) is 11.8 Å². The number of hydrogen-bond acceptors (Lipinski definition) is 5. The third kappa shape index (κ3) is 4.59. The second-order valence-electron chi connectivity index (χ2n) is 5.43. The molecule has 126 valence electrons. The number of benzene rings is 1. The highest BCUT2D eigenvalue weighted by atomic mass is 16.5. The molecule has 2 atom stereocenters. The van der Waals surface area contributed by atoms with Gasteiger partial charge in [0.05, 0.1) is 19.3 Å². The summed E-state index contributed by atoms with van der Waals surface area (Å²) in [7, 11) is 1.46. The number of nitrogens with two attached hydrogens (primary N) is 1. The molecule has 2 amide bonds. The van der Waals surface area contributed by atoms with Gasteiger partial charge in [-0.05, 0) is 38.0 Å². The second kappa shape index (κ2) is 7.82. The van der Waals surface area contributed by atoms with Crippen molar-refractivity contribution in [1.29, 1.82) is 0 Å². The smallest absolute Gasteiger partial charge is 0.255 e. The second-order valence-corrected chi connectivity index (χ2v) is 5.43. The van der Waals surface area contributed by atoms with Gasteiger partial charge < -0.3 is 25.3 Å². The topological polar surface area (TPSA) is 99.9 Å². The number of carbonyl (C=O) groups is 2. The summed E-state index contributed by atoms with van der Waals surface area (Å²) in [5, 5.41) is 2.92. The SMILES string of the molecule is COc1cc(C(=O)N[C@@H](C)[C@H]2CCCO2)ccc1OCC(N)=O. The summed E-state index contributed by atoms with van der Waals surface area (Å²) in [5.41, 5.74) is 5.49. The number of nitrogens with one attached hydrogen (secondary N) is 1. The van der Waals surface area contributed by atoms with Gasteiger partial charge in [0.2, 0.25) is 0 Å². The summed E-state index contributed by atoms with van der Waals surface area (Å²) < 4.78 is 16.0. The maximum atomic E-state index is 12.3. The third-order valence-electron chi connectivity index (χ3n) is 3.68. The summed E-state index contributed by atoms with van der Waals surface area (Å²) in [6.45, 7) is 2.41. The number of amides is 2. The maximum absolute atomic E-state index is 12.3. The molecule has 1 heterocycles. The van der Waals surface area contributed by atoms with Crippen molar-refractivity contribution < 1.29 is 23.8 Å². The zero-order valence-electron chi connectivity index (χ0n) is 13.3. The van der Waals surface area contributed by atoms with E-state index < -0.39 is 5.91 Å². The molecule has 0 radical (unpaired) electrons. The Bertz CT molecular complexity index is 570. The Balaban J connectivity index is 2.03. The van der Waals surface area contributed by atoms with Crippen molar-refractivity contribution in [2.45, 2.75) is 31.9 Å². The summed E-state index contributed by atoms with van der Waals surface area (Å²) in [5.74, 6) is -0.0780.